The average Bonchev–Trinajstić information content (AvgIpc) is 2.32. The van der Waals surface area contributed by atoms with Gasteiger partial charge in [-0.05, 0) is 13.8 Å². The fraction of sp³-hybridized carbons (Fsp3) is 0.750. The summed E-state index contributed by atoms with van der Waals surface area (Å²) in [6.45, 7) is 3.24. The molecule has 2 rings (SSSR count). The molecule has 0 aromatic heterocycles. The number of alkyl halides is 1. The molecule has 84 valence electrons. The van der Waals surface area contributed by atoms with Gasteiger partial charge in [0, 0.05) is 0 Å². The van der Waals surface area contributed by atoms with Gasteiger partial charge < -0.3 is 10.0 Å². The summed E-state index contributed by atoms with van der Waals surface area (Å²) >= 11 is 3.12. The Balaban J connectivity index is 2.45. The number of carbonyl (C=O) groups is 2. The van der Waals surface area contributed by atoms with Crippen molar-refractivity contribution in [3.8, 4) is 0 Å². The number of β-lactam (4-membered cyclic amide) rings is 1. The number of aliphatic carboxylic acids is 1. The van der Waals surface area contributed by atoms with Gasteiger partial charge in [-0.25, -0.2) is 4.79 Å². The van der Waals surface area contributed by atoms with Crippen LogP contribution >= 0.6 is 15.9 Å². The number of rotatable bonds is 1. The lowest BCUT2D eigenvalue weighted by Crippen LogP contribution is -2.64. The van der Waals surface area contributed by atoms with E-state index in [4.69, 9.17) is 5.11 Å². The normalized spacial score (nSPS) is 42.3. The predicted octanol–water partition coefficient (Wildman–Crippen LogP) is -0.0877. The van der Waals surface area contributed by atoms with Crippen LogP contribution in [0.15, 0.2) is 0 Å². The molecule has 1 N–H and O–H groups in total. The van der Waals surface area contributed by atoms with Crippen LogP contribution in [-0.4, -0.2) is 47.1 Å². The fourth-order valence-corrected chi connectivity index (χ4v) is 5.01. The number of halogens is 1. The summed E-state index contributed by atoms with van der Waals surface area (Å²) < 4.78 is 11.1. The molecular formula is C8H10BrNO4S. The van der Waals surface area contributed by atoms with Gasteiger partial charge in [0.1, 0.15) is 16.2 Å². The third kappa shape index (κ3) is 1.16. The number of carboxylic acid groups (broad SMARTS) is 1. The first-order chi connectivity index (χ1) is 6.80. The van der Waals surface area contributed by atoms with Crippen molar-refractivity contribution in [2.75, 3.05) is 0 Å². The summed E-state index contributed by atoms with van der Waals surface area (Å²) in [5, 5.41) is 8.56. The van der Waals surface area contributed by atoms with Crippen LogP contribution < -0.4 is 0 Å². The first kappa shape index (κ1) is 11.1. The number of nitrogens with zero attached hydrogens (tertiary/aromatic N) is 1. The second-order valence-electron chi connectivity index (χ2n) is 4.18. The second-order valence-corrected chi connectivity index (χ2v) is 7.30. The van der Waals surface area contributed by atoms with E-state index >= 15 is 0 Å². The van der Waals surface area contributed by atoms with Crippen LogP contribution in [0.4, 0.5) is 0 Å². The highest BCUT2D eigenvalue weighted by molar-refractivity contribution is 9.10. The molecule has 15 heavy (non-hydrogen) atoms. The van der Waals surface area contributed by atoms with Gasteiger partial charge in [-0.15, -0.1) is 0 Å². The van der Waals surface area contributed by atoms with Crippen molar-refractivity contribution in [3.63, 3.8) is 0 Å². The van der Waals surface area contributed by atoms with Crippen molar-refractivity contribution in [2.45, 2.75) is 34.8 Å². The lowest BCUT2D eigenvalue weighted by Gasteiger charge is -2.40. The number of carbonyl (C=O) groups excluding carboxylic acids is 1. The topological polar surface area (TPSA) is 74.7 Å². The predicted molar refractivity (Wildman–Crippen MR) is 57.0 cm³/mol. The largest absolute Gasteiger partial charge is 0.480 e. The number of hydrogen-bond acceptors (Lipinski definition) is 3. The molecule has 7 heteroatoms. The number of amides is 1. The molecule has 0 bridgehead atoms. The van der Waals surface area contributed by atoms with Gasteiger partial charge in [0.25, 0.3) is 0 Å². The molecule has 2 fully saturated rings. The van der Waals surface area contributed by atoms with Crippen molar-refractivity contribution < 1.29 is 18.9 Å². The maximum Gasteiger partial charge on any atom is 0.327 e. The van der Waals surface area contributed by atoms with Gasteiger partial charge in [0.05, 0.1) is 15.5 Å². The van der Waals surface area contributed by atoms with E-state index in [2.05, 4.69) is 15.9 Å². The lowest BCUT2D eigenvalue weighted by atomic mass is 9.98. The van der Waals surface area contributed by atoms with Crippen molar-refractivity contribution in [1.29, 1.82) is 0 Å². The van der Waals surface area contributed by atoms with Crippen LogP contribution in [0.25, 0.3) is 0 Å². The van der Waals surface area contributed by atoms with E-state index in [1.807, 2.05) is 0 Å². The molecule has 5 nitrogen and oxygen atoms in total. The monoisotopic (exact) mass is 295 g/mol. The smallest absolute Gasteiger partial charge is 0.327 e. The summed E-state index contributed by atoms with van der Waals surface area (Å²) in [4.78, 5) is 23.3. The van der Waals surface area contributed by atoms with Crippen LogP contribution in [0, 0.1) is 0 Å². The van der Waals surface area contributed by atoms with E-state index < -0.39 is 37.8 Å². The molecule has 1 amide bonds. The molecule has 1 unspecified atom stereocenters. The molecule has 0 aromatic carbocycles. The highest BCUT2D eigenvalue weighted by Gasteiger charge is 2.67. The Kier molecular flexibility index (Phi) is 2.24. The van der Waals surface area contributed by atoms with E-state index in [1.54, 1.807) is 13.8 Å². The van der Waals surface area contributed by atoms with E-state index in [-0.39, 0.29) is 5.91 Å². The summed E-state index contributed by atoms with van der Waals surface area (Å²) in [7, 11) is -1.35. The first-order valence-electron chi connectivity index (χ1n) is 4.40. The SMILES string of the molecule is CC1(C)[C@H](C(=O)O)N2C(=O)[C@@H](Br)[C@H]2S1=O. The molecule has 2 heterocycles. The van der Waals surface area contributed by atoms with Crippen molar-refractivity contribution in [3.05, 3.63) is 0 Å². The minimum Gasteiger partial charge on any atom is -0.480 e. The summed E-state index contributed by atoms with van der Waals surface area (Å²) in [6.07, 6.45) is 0. The molecule has 0 saturated carbocycles. The Labute approximate surface area is 97.4 Å². The molecular weight excluding hydrogens is 286 g/mol. The van der Waals surface area contributed by atoms with Crippen molar-refractivity contribution in [1.82, 2.24) is 4.90 Å². The lowest BCUT2D eigenvalue weighted by molar-refractivity contribution is -0.156. The molecule has 2 saturated heterocycles. The number of carboxylic acids is 1. The van der Waals surface area contributed by atoms with Crippen LogP contribution in [-0.2, 0) is 20.4 Å². The van der Waals surface area contributed by atoms with E-state index in [0.29, 0.717) is 0 Å². The maximum atomic E-state index is 12.0. The van der Waals surface area contributed by atoms with Gasteiger partial charge in [0.2, 0.25) is 5.91 Å². The maximum absolute atomic E-state index is 12.0. The summed E-state index contributed by atoms with van der Waals surface area (Å²) in [5.74, 6) is -1.38. The quantitative estimate of drug-likeness (QED) is 0.542. The minimum atomic E-state index is -1.35. The Hall–Kier alpha value is -0.430. The van der Waals surface area contributed by atoms with Crippen LogP contribution in [0.2, 0.25) is 0 Å². The average molecular weight is 296 g/mol. The standard InChI is InChI=1S/C8H10BrNO4S/c1-8(2)4(7(12)13)10-5(11)3(9)6(10)15(8)14/h3-4,6H,1-2H3,(H,12,13)/t3-,4+,6-,15?/m1/s1. The third-order valence-electron chi connectivity index (χ3n) is 2.92. The van der Waals surface area contributed by atoms with Crippen molar-refractivity contribution in [2.24, 2.45) is 0 Å². The minimum absolute atomic E-state index is 0.286. The molecule has 4 atom stereocenters. The zero-order chi connectivity index (χ0) is 11.5. The van der Waals surface area contributed by atoms with E-state index in [9.17, 15) is 13.8 Å². The zero-order valence-corrected chi connectivity index (χ0v) is 10.5. The molecule has 0 aromatic rings. The second kappa shape index (κ2) is 3.04. The molecule has 2 aliphatic heterocycles. The highest BCUT2D eigenvalue weighted by atomic mass is 79.9. The van der Waals surface area contributed by atoms with Crippen LogP contribution in [0.1, 0.15) is 13.8 Å². The van der Waals surface area contributed by atoms with Crippen LogP contribution in [0.5, 0.6) is 0 Å². The van der Waals surface area contributed by atoms with E-state index in [1.165, 1.54) is 4.90 Å². The third-order valence-corrected chi connectivity index (χ3v) is 6.36. The Morgan fingerprint density at radius 1 is 1.60 bits per heavy atom. The highest BCUT2D eigenvalue weighted by Crippen LogP contribution is 2.45. The van der Waals surface area contributed by atoms with Gasteiger partial charge >= 0.3 is 5.97 Å². The van der Waals surface area contributed by atoms with Gasteiger partial charge in [-0.1, -0.05) is 15.9 Å². The fourth-order valence-electron chi connectivity index (χ4n) is 2.11. The van der Waals surface area contributed by atoms with Crippen LogP contribution in [0.3, 0.4) is 0 Å². The summed E-state index contributed by atoms with van der Waals surface area (Å²) in [6, 6.07) is -0.982. The first-order valence-corrected chi connectivity index (χ1v) is 6.52. The molecule has 2 aliphatic rings. The zero-order valence-electron chi connectivity index (χ0n) is 8.14. The molecule has 0 radical (unpaired) electrons. The molecule has 0 spiro atoms. The van der Waals surface area contributed by atoms with Gasteiger partial charge in [0.15, 0.2) is 0 Å². The Bertz CT molecular complexity index is 383. The number of fused-ring (bicyclic) bond motifs is 1. The van der Waals surface area contributed by atoms with Gasteiger partial charge in [-0.2, -0.15) is 0 Å². The molecule has 0 aliphatic carbocycles. The summed E-state index contributed by atoms with van der Waals surface area (Å²) in [5.41, 5.74) is 0. The Morgan fingerprint density at radius 3 is 2.60 bits per heavy atom. The Morgan fingerprint density at radius 2 is 2.13 bits per heavy atom. The van der Waals surface area contributed by atoms with E-state index in [0.717, 1.165) is 0 Å². The van der Waals surface area contributed by atoms with Gasteiger partial charge in [-0.3, -0.25) is 9.00 Å². The number of hydrogen-bond donors (Lipinski definition) is 1. The van der Waals surface area contributed by atoms with Crippen molar-refractivity contribution >= 4 is 38.6 Å².